The first-order chi connectivity index (χ1) is 8.24. The maximum absolute atomic E-state index is 11.7. The first-order valence-electron chi connectivity index (χ1n) is 6.00. The minimum absolute atomic E-state index is 0.0730. The van der Waals surface area contributed by atoms with Crippen molar-refractivity contribution < 1.29 is 8.42 Å². The molecule has 0 atom stereocenters. The van der Waals surface area contributed by atoms with Gasteiger partial charge in [-0.05, 0) is 30.2 Å². The second-order valence-electron chi connectivity index (χ2n) is 5.35. The fraction of sp³-hybridized carbons (Fsp3) is 0.538. The lowest BCUT2D eigenvalue weighted by Gasteiger charge is -2.19. The van der Waals surface area contributed by atoms with E-state index in [-0.39, 0.29) is 11.2 Å². The van der Waals surface area contributed by atoms with Crippen molar-refractivity contribution in [2.45, 2.75) is 26.2 Å². The standard InChI is InChI=1S/C13H22N2O2S/c1-13(2,3)11-5-7-12(8-6-11)15-18(16,17)10-9-14-4/h5-8,14-15H,9-10H2,1-4H3. The van der Waals surface area contributed by atoms with E-state index in [1.807, 2.05) is 12.1 Å². The molecule has 1 aromatic rings. The van der Waals surface area contributed by atoms with E-state index in [4.69, 9.17) is 0 Å². The highest BCUT2D eigenvalue weighted by molar-refractivity contribution is 7.92. The van der Waals surface area contributed by atoms with Gasteiger partial charge in [0, 0.05) is 12.2 Å². The summed E-state index contributed by atoms with van der Waals surface area (Å²) >= 11 is 0. The van der Waals surface area contributed by atoms with Crippen molar-refractivity contribution in [3.63, 3.8) is 0 Å². The van der Waals surface area contributed by atoms with Crippen molar-refractivity contribution in [3.05, 3.63) is 29.8 Å². The van der Waals surface area contributed by atoms with E-state index in [9.17, 15) is 8.42 Å². The van der Waals surface area contributed by atoms with Gasteiger partial charge in [0.05, 0.1) is 5.75 Å². The quantitative estimate of drug-likeness (QED) is 0.859. The zero-order valence-electron chi connectivity index (χ0n) is 11.4. The molecule has 4 nitrogen and oxygen atoms in total. The van der Waals surface area contributed by atoms with Gasteiger partial charge >= 0.3 is 0 Å². The molecule has 0 saturated carbocycles. The van der Waals surface area contributed by atoms with E-state index >= 15 is 0 Å². The number of hydrogen-bond acceptors (Lipinski definition) is 3. The van der Waals surface area contributed by atoms with Gasteiger partial charge in [0.25, 0.3) is 0 Å². The van der Waals surface area contributed by atoms with Crippen LogP contribution in [0.1, 0.15) is 26.3 Å². The second-order valence-corrected chi connectivity index (χ2v) is 7.19. The van der Waals surface area contributed by atoms with Crippen LogP contribution in [0.5, 0.6) is 0 Å². The van der Waals surface area contributed by atoms with E-state index in [0.717, 1.165) is 0 Å². The summed E-state index contributed by atoms with van der Waals surface area (Å²) in [5.74, 6) is 0.0739. The zero-order chi connectivity index (χ0) is 13.8. The monoisotopic (exact) mass is 270 g/mol. The zero-order valence-corrected chi connectivity index (χ0v) is 12.3. The Hall–Kier alpha value is -1.07. The molecule has 0 spiro atoms. The van der Waals surface area contributed by atoms with Gasteiger partial charge in [-0.25, -0.2) is 8.42 Å². The predicted molar refractivity (Wildman–Crippen MR) is 76.5 cm³/mol. The van der Waals surface area contributed by atoms with Crippen molar-refractivity contribution in [1.82, 2.24) is 5.32 Å². The fourth-order valence-corrected chi connectivity index (χ4v) is 2.58. The van der Waals surface area contributed by atoms with Crippen LogP contribution in [0.25, 0.3) is 0 Å². The Morgan fingerprint density at radius 2 is 1.67 bits per heavy atom. The molecule has 0 bridgehead atoms. The number of hydrogen-bond donors (Lipinski definition) is 2. The Labute approximate surface area is 110 Å². The Bertz CT molecular complexity index is 473. The van der Waals surface area contributed by atoms with Crippen LogP contribution in [0, 0.1) is 0 Å². The fourth-order valence-electron chi connectivity index (χ4n) is 1.51. The van der Waals surface area contributed by atoms with Gasteiger partial charge in [0.2, 0.25) is 10.0 Å². The SMILES string of the molecule is CNCCS(=O)(=O)Nc1ccc(C(C)(C)C)cc1. The van der Waals surface area contributed by atoms with Crippen molar-refractivity contribution in [1.29, 1.82) is 0 Å². The first-order valence-corrected chi connectivity index (χ1v) is 7.65. The largest absolute Gasteiger partial charge is 0.319 e. The minimum atomic E-state index is -3.26. The molecule has 0 fully saturated rings. The van der Waals surface area contributed by atoms with Crippen molar-refractivity contribution in [3.8, 4) is 0 Å². The normalized spacial score (nSPS) is 12.4. The summed E-state index contributed by atoms with van der Waals surface area (Å²) < 4.78 is 25.9. The molecule has 0 heterocycles. The van der Waals surface area contributed by atoms with Gasteiger partial charge in [-0.3, -0.25) is 4.72 Å². The van der Waals surface area contributed by atoms with Crippen LogP contribution in [0.2, 0.25) is 0 Å². The molecule has 0 aromatic heterocycles. The lowest BCUT2D eigenvalue weighted by Crippen LogP contribution is -2.24. The lowest BCUT2D eigenvalue weighted by atomic mass is 9.87. The van der Waals surface area contributed by atoms with Crippen LogP contribution >= 0.6 is 0 Å². The Kier molecular flexibility index (Phi) is 4.76. The molecule has 2 N–H and O–H groups in total. The molecule has 18 heavy (non-hydrogen) atoms. The number of benzene rings is 1. The molecule has 0 amide bonds. The summed E-state index contributed by atoms with van der Waals surface area (Å²) in [4.78, 5) is 0. The highest BCUT2D eigenvalue weighted by Crippen LogP contribution is 2.23. The number of sulfonamides is 1. The van der Waals surface area contributed by atoms with E-state index in [1.165, 1.54) is 5.56 Å². The molecule has 0 aliphatic rings. The van der Waals surface area contributed by atoms with Crippen LogP contribution in [0.4, 0.5) is 5.69 Å². The summed E-state index contributed by atoms with van der Waals surface area (Å²) in [6.45, 7) is 6.81. The van der Waals surface area contributed by atoms with Crippen LogP contribution in [0.3, 0.4) is 0 Å². The molecule has 0 radical (unpaired) electrons. The van der Waals surface area contributed by atoms with Crippen LogP contribution in [0.15, 0.2) is 24.3 Å². The predicted octanol–water partition coefficient (Wildman–Crippen LogP) is 1.95. The number of rotatable bonds is 5. The summed E-state index contributed by atoms with van der Waals surface area (Å²) in [5, 5.41) is 2.82. The minimum Gasteiger partial charge on any atom is -0.319 e. The van der Waals surface area contributed by atoms with E-state index in [2.05, 4.69) is 30.8 Å². The Morgan fingerprint density at radius 1 is 1.11 bits per heavy atom. The van der Waals surface area contributed by atoms with Crippen LogP contribution in [-0.2, 0) is 15.4 Å². The topological polar surface area (TPSA) is 58.2 Å². The highest BCUT2D eigenvalue weighted by atomic mass is 32.2. The molecule has 5 heteroatoms. The van der Waals surface area contributed by atoms with Crippen LogP contribution in [-0.4, -0.2) is 27.8 Å². The average molecular weight is 270 g/mol. The summed E-state index contributed by atoms with van der Waals surface area (Å²) in [6.07, 6.45) is 0. The highest BCUT2D eigenvalue weighted by Gasteiger charge is 2.14. The van der Waals surface area contributed by atoms with Crippen molar-refractivity contribution in [2.24, 2.45) is 0 Å². The van der Waals surface area contributed by atoms with Gasteiger partial charge in [0.15, 0.2) is 0 Å². The Balaban J connectivity index is 2.75. The molecule has 0 aliphatic carbocycles. The number of anilines is 1. The van der Waals surface area contributed by atoms with E-state index < -0.39 is 10.0 Å². The van der Waals surface area contributed by atoms with Gasteiger partial charge in [-0.2, -0.15) is 0 Å². The van der Waals surface area contributed by atoms with Gasteiger partial charge in [-0.15, -0.1) is 0 Å². The molecule has 0 aliphatic heterocycles. The summed E-state index contributed by atoms with van der Waals surface area (Å²) in [5.41, 5.74) is 1.86. The van der Waals surface area contributed by atoms with Crippen molar-refractivity contribution in [2.75, 3.05) is 24.1 Å². The Morgan fingerprint density at radius 3 is 2.11 bits per heavy atom. The molecule has 102 valence electrons. The maximum Gasteiger partial charge on any atom is 0.233 e. The molecular weight excluding hydrogens is 248 g/mol. The molecular formula is C13H22N2O2S. The summed E-state index contributed by atoms with van der Waals surface area (Å²) in [7, 11) is -1.53. The van der Waals surface area contributed by atoms with E-state index in [0.29, 0.717) is 12.2 Å². The van der Waals surface area contributed by atoms with Gasteiger partial charge in [-0.1, -0.05) is 32.9 Å². The average Bonchev–Trinajstić information content (AvgIpc) is 2.25. The lowest BCUT2D eigenvalue weighted by molar-refractivity contribution is 0.590. The van der Waals surface area contributed by atoms with Gasteiger partial charge in [0.1, 0.15) is 0 Å². The third-order valence-electron chi connectivity index (χ3n) is 2.65. The second kappa shape index (κ2) is 5.71. The van der Waals surface area contributed by atoms with Gasteiger partial charge < -0.3 is 5.32 Å². The molecule has 0 saturated heterocycles. The van der Waals surface area contributed by atoms with E-state index in [1.54, 1.807) is 19.2 Å². The molecule has 1 rings (SSSR count). The summed E-state index contributed by atoms with van der Waals surface area (Å²) in [6, 6.07) is 7.51. The smallest absolute Gasteiger partial charge is 0.233 e. The van der Waals surface area contributed by atoms with Crippen LogP contribution < -0.4 is 10.0 Å². The van der Waals surface area contributed by atoms with Crippen molar-refractivity contribution >= 4 is 15.7 Å². The maximum atomic E-state index is 11.7. The first kappa shape index (κ1) is 15.0. The molecule has 1 aromatic carbocycles. The molecule has 0 unspecified atom stereocenters. The third-order valence-corrected chi connectivity index (χ3v) is 3.93. The number of nitrogens with one attached hydrogen (secondary N) is 2. The third kappa shape index (κ3) is 4.66.